The first-order valence-corrected chi connectivity index (χ1v) is 8.34. The molecule has 134 valence electrons. The number of hydrogen-bond acceptors (Lipinski definition) is 5. The lowest BCUT2D eigenvalue weighted by atomic mass is 10.2. The zero-order chi connectivity index (χ0) is 18.5. The van der Waals surface area contributed by atoms with Gasteiger partial charge in [-0.15, -0.1) is 0 Å². The summed E-state index contributed by atoms with van der Waals surface area (Å²) in [5.41, 5.74) is 1.24. The number of carbonyl (C=O) groups excluding carboxylic acids is 2. The molecule has 1 aromatic carbocycles. The molecule has 1 aliphatic rings. The number of aromatic nitrogens is 1. The summed E-state index contributed by atoms with van der Waals surface area (Å²) in [4.78, 5) is 29.3. The molecular weight excluding hydrogens is 334 g/mol. The van der Waals surface area contributed by atoms with E-state index in [9.17, 15) is 9.59 Å². The van der Waals surface area contributed by atoms with Gasteiger partial charge in [0.2, 0.25) is 5.78 Å². The quantitative estimate of drug-likeness (QED) is 0.805. The Morgan fingerprint density at radius 1 is 1.23 bits per heavy atom. The maximum atomic E-state index is 12.3. The topological polar surface area (TPSA) is 95.4 Å². The van der Waals surface area contributed by atoms with Gasteiger partial charge >= 0.3 is 0 Å². The SMILES string of the molecule is COc1cc(C#N)ccc1OCC(=O)c1c[nH]c(C(=O)N2CCCC2)c1. The van der Waals surface area contributed by atoms with E-state index in [2.05, 4.69) is 4.98 Å². The maximum Gasteiger partial charge on any atom is 0.270 e. The number of H-pyrrole nitrogens is 1. The summed E-state index contributed by atoms with van der Waals surface area (Å²) in [6.45, 7) is 1.31. The van der Waals surface area contributed by atoms with E-state index in [0.717, 1.165) is 25.9 Å². The third-order valence-electron chi connectivity index (χ3n) is 4.28. The molecule has 3 rings (SSSR count). The normalized spacial score (nSPS) is 13.3. The number of nitrogens with zero attached hydrogens (tertiary/aromatic N) is 2. The van der Waals surface area contributed by atoms with Crippen molar-refractivity contribution in [2.75, 3.05) is 26.8 Å². The summed E-state index contributed by atoms with van der Waals surface area (Å²) in [5.74, 6) is 0.420. The van der Waals surface area contributed by atoms with E-state index >= 15 is 0 Å². The van der Waals surface area contributed by atoms with Crippen molar-refractivity contribution in [3.05, 3.63) is 47.3 Å². The number of nitrogens with one attached hydrogen (secondary N) is 1. The number of benzene rings is 1. The van der Waals surface area contributed by atoms with Gasteiger partial charge in [0.05, 0.1) is 18.7 Å². The van der Waals surface area contributed by atoms with Crippen molar-refractivity contribution in [1.82, 2.24) is 9.88 Å². The molecule has 0 atom stereocenters. The Hall–Kier alpha value is -3.27. The Kier molecular flexibility index (Phi) is 5.23. The van der Waals surface area contributed by atoms with Crippen LogP contribution in [0.1, 0.15) is 39.3 Å². The Labute approximate surface area is 151 Å². The molecule has 1 N–H and O–H groups in total. The Balaban J connectivity index is 1.64. The van der Waals surface area contributed by atoms with Crippen molar-refractivity contribution >= 4 is 11.7 Å². The van der Waals surface area contributed by atoms with E-state index in [0.29, 0.717) is 28.3 Å². The molecule has 26 heavy (non-hydrogen) atoms. The number of Topliss-reactive ketones (excluding diaryl/α,β-unsaturated/α-hetero) is 1. The van der Waals surface area contributed by atoms with Gasteiger partial charge in [0, 0.05) is 30.9 Å². The molecule has 7 nitrogen and oxygen atoms in total. The van der Waals surface area contributed by atoms with Crippen LogP contribution in [0.15, 0.2) is 30.5 Å². The number of methoxy groups -OCH3 is 1. The average molecular weight is 353 g/mol. The van der Waals surface area contributed by atoms with E-state index in [4.69, 9.17) is 14.7 Å². The van der Waals surface area contributed by atoms with Crippen LogP contribution in [0.4, 0.5) is 0 Å². The third-order valence-corrected chi connectivity index (χ3v) is 4.28. The predicted octanol–water partition coefficient (Wildman–Crippen LogP) is 2.39. The Morgan fingerprint density at radius 3 is 2.69 bits per heavy atom. The number of ether oxygens (including phenoxy) is 2. The second kappa shape index (κ2) is 7.74. The fraction of sp³-hybridized carbons (Fsp3) is 0.316. The van der Waals surface area contributed by atoms with Crippen LogP contribution in [0.5, 0.6) is 11.5 Å². The lowest BCUT2D eigenvalue weighted by Gasteiger charge is -2.13. The zero-order valence-corrected chi connectivity index (χ0v) is 14.4. The number of ketones is 1. The first-order valence-electron chi connectivity index (χ1n) is 8.34. The van der Waals surface area contributed by atoms with Gasteiger partial charge in [0.15, 0.2) is 18.1 Å². The van der Waals surface area contributed by atoms with E-state index < -0.39 is 0 Å². The number of amides is 1. The Morgan fingerprint density at radius 2 is 2.00 bits per heavy atom. The summed E-state index contributed by atoms with van der Waals surface area (Å²) in [7, 11) is 1.47. The number of aromatic amines is 1. The van der Waals surface area contributed by atoms with Crippen molar-refractivity contribution in [3.8, 4) is 17.6 Å². The molecule has 0 spiro atoms. The molecule has 0 saturated carbocycles. The van der Waals surface area contributed by atoms with Gasteiger partial charge in [-0.05, 0) is 31.0 Å². The fourth-order valence-electron chi connectivity index (χ4n) is 2.85. The summed E-state index contributed by atoms with van der Waals surface area (Å²) >= 11 is 0. The van der Waals surface area contributed by atoms with Gasteiger partial charge in [-0.2, -0.15) is 5.26 Å². The first kappa shape index (κ1) is 17.5. The van der Waals surface area contributed by atoms with Crippen LogP contribution in [0, 0.1) is 11.3 Å². The molecular formula is C19H19N3O4. The van der Waals surface area contributed by atoms with Crippen LogP contribution in [0.25, 0.3) is 0 Å². The molecule has 2 aromatic rings. The van der Waals surface area contributed by atoms with Gasteiger partial charge in [-0.25, -0.2) is 0 Å². The second-order valence-electron chi connectivity index (χ2n) is 5.99. The van der Waals surface area contributed by atoms with Gasteiger partial charge in [0.25, 0.3) is 5.91 Å². The molecule has 0 radical (unpaired) electrons. The number of carbonyl (C=O) groups is 2. The van der Waals surface area contributed by atoms with Crippen LogP contribution < -0.4 is 9.47 Å². The van der Waals surface area contributed by atoms with Gasteiger partial charge in [-0.1, -0.05) is 0 Å². The summed E-state index contributed by atoms with van der Waals surface area (Å²) in [5, 5.41) is 8.91. The van der Waals surface area contributed by atoms with E-state index in [1.807, 2.05) is 6.07 Å². The highest BCUT2D eigenvalue weighted by Crippen LogP contribution is 2.28. The summed E-state index contributed by atoms with van der Waals surface area (Å²) < 4.78 is 10.7. The zero-order valence-electron chi connectivity index (χ0n) is 14.4. The minimum absolute atomic E-state index is 0.0868. The number of hydrogen-bond donors (Lipinski definition) is 1. The molecule has 1 aromatic heterocycles. The van der Waals surface area contributed by atoms with Crippen LogP contribution >= 0.6 is 0 Å². The molecule has 1 fully saturated rings. The third kappa shape index (κ3) is 3.70. The van der Waals surface area contributed by atoms with Crippen molar-refractivity contribution in [3.63, 3.8) is 0 Å². The van der Waals surface area contributed by atoms with E-state index in [1.165, 1.54) is 13.3 Å². The summed E-state index contributed by atoms with van der Waals surface area (Å²) in [6, 6.07) is 8.29. The van der Waals surface area contributed by atoms with Crippen molar-refractivity contribution in [2.24, 2.45) is 0 Å². The van der Waals surface area contributed by atoms with Crippen LogP contribution in [0.3, 0.4) is 0 Å². The molecule has 2 heterocycles. The maximum absolute atomic E-state index is 12.3. The minimum Gasteiger partial charge on any atom is -0.493 e. The molecule has 0 aliphatic carbocycles. The number of likely N-dealkylation sites (tertiary alicyclic amines) is 1. The monoisotopic (exact) mass is 353 g/mol. The standard InChI is InChI=1S/C19H19N3O4/c1-25-18-8-13(10-20)4-5-17(18)26-12-16(23)14-9-15(21-11-14)19(24)22-6-2-3-7-22/h4-5,8-9,11,21H,2-3,6-7,12H2,1H3. The summed E-state index contributed by atoms with van der Waals surface area (Å²) in [6.07, 6.45) is 3.54. The highest BCUT2D eigenvalue weighted by Gasteiger charge is 2.22. The highest BCUT2D eigenvalue weighted by molar-refractivity contribution is 6.01. The first-order chi connectivity index (χ1) is 12.6. The lowest BCUT2D eigenvalue weighted by Crippen LogP contribution is -2.27. The van der Waals surface area contributed by atoms with Crippen LogP contribution in [-0.2, 0) is 0 Å². The lowest BCUT2D eigenvalue weighted by molar-refractivity contribution is 0.0787. The predicted molar refractivity (Wildman–Crippen MR) is 93.5 cm³/mol. The molecule has 1 amide bonds. The van der Waals surface area contributed by atoms with Crippen molar-refractivity contribution in [1.29, 1.82) is 5.26 Å². The molecule has 1 saturated heterocycles. The van der Waals surface area contributed by atoms with Gasteiger partial charge < -0.3 is 19.4 Å². The van der Waals surface area contributed by atoms with Crippen LogP contribution in [-0.4, -0.2) is 48.4 Å². The number of nitriles is 1. The van der Waals surface area contributed by atoms with Crippen molar-refractivity contribution in [2.45, 2.75) is 12.8 Å². The molecule has 0 bridgehead atoms. The smallest absolute Gasteiger partial charge is 0.270 e. The molecule has 1 aliphatic heterocycles. The van der Waals surface area contributed by atoms with Crippen LogP contribution in [0.2, 0.25) is 0 Å². The largest absolute Gasteiger partial charge is 0.493 e. The average Bonchev–Trinajstić information content (AvgIpc) is 3.37. The van der Waals surface area contributed by atoms with Crippen molar-refractivity contribution < 1.29 is 19.1 Å². The fourth-order valence-corrected chi connectivity index (χ4v) is 2.85. The van der Waals surface area contributed by atoms with Gasteiger partial charge in [-0.3, -0.25) is 9.59 Å². The van der Waals surface area contributed by atoms with E-state index in [1.54, 1.807) is 29.2 Å². The molecule has 7 heteroatoms. The number of rotatable bonds is 6. The molecule has 0 unspecified atom stereocenters. The van der Waals surface area contributed by atoms with Gasteiger partial charge in [0.1, 0.15) is 5.69 Å². The minimum atomic E-state index is -0.256. The highest BCUT2D eigenvalue weighted by atomic mass is 16.5. The Bertz CT molecular complexity index is 860. The second-order valence-corrected chi connectivity index (χ2v) is 5.99. The van der Waals surface area contributed by atoms with E-state index in [-0.39, 0.29) is 18.3 Å².